The van der Waals surface area contributed by atoms with E-state index in [1.54, 1.807) is 15.5 Å². The second-order valence-electron chi connectivity index (χ2n) is 8.56. The Kier molecular flexibility index (Phi) is 8.12. The van der Waals surface area contributed by atoms with Gasteiger partial charge in [-0.05, 0) is 59.9 Å². The summed E-state index contributed by atoms with van der Waals surface area (Å²) in [5.41, 5.74) is 9.15. The fraction of sp³-hybridized carbons (Fsp3) is 0.292. The molecule has 4 heterocycles. The molecule has 0 spiro atoms. The maximum Gasteiger partial charge on any atom is 0.314 e. The number of nitrogens with zero attached hydrogens (tertiary/aromatic N) is 5. The van der Waals surface area contributed by atoms with Crippen LogP contribution in [-0.2, 0) is 9.59 Å². The van der Waals surface area contributed by atoms with E-state index in [-0.39, 0.29) is 0 Å². The molecule has 2 atom stereocenters. The van der Waals surface area contributed by atoms with E-state index in [0.717, 1.165) is 24.1 Å². The molecule has 4 aromatic rings. The summed E-state index contributed by atoms with van der Waals surface area (Å²) in [5, 5.41) is 8.79. The number of carbonyl (C=O) groups excluding carboxylic acids is 2. The lowest BCUT2D eigenvalue weighted by Gasteiger charge is -2.30. The van der Waals surface area contributed by atoms with Crippen molar-refractivity contribution in [2.45, 2.75) is 26.7 Å². The smallest absolute Gasteiger partial charge is 0.314 e. The number of amides is 2. The fourth-order valence-electron chi connectivity index (χ4n) is 4.08. The van der Waals surface area contributed by atoms with Gasteiger partial charge in [0.15, 0.2) is 0 Å². The third kappa shape index (κ3) is 5.87. The van der Waals surface area contributed by atoms with Crippen molar-refractivity contribution < 1.29 is 9.59 Å². The monoisotopic (exact) mass is 603 g/mol. The summed E-state index contributed by atoms with van der Waals surface area (Å²) in [6, 6.07) is 12.3. The Morgan fingerprint density at radius 3 is 2.77 bits per heavy atom. The normalized spacial score (nSPS) is 15.9. The second-order valence-corrected chi connectivity index (χ2v) is 10.6. The number of fused-ring (bicyclic) bond motifs is 2. The van der Waals surface area contributed by atoms with E-state index >= 15 is 0 Å². The van der Waals surface area contributed by atoms with Crippen LogP contribution in [0.5, 0.6) is 0 Å². The largest absolute Gasteiger partial charge is 0.383 e. The van der Waals surface area contributed by atoms with Crippen LogP contribution in [0.1, 0.15) is 25.5 Å². The zero-order valence-electron chi connectivity index (χ0n) is 19.5. The summed E-state index contributed by atoms with van der Waals surface area (Å²) in [7, 11) is 0. The first-order valence-electron chi connectivity index (χ1n) is 11.3. The Balaban J connectivity index is 0.000000218. The molecule has 35 heavy (non-hydrogen) atoms. The molecular formula is C24H27IN7O2P. The van der Waals surface area contributed by atoms with E-state index in [1.165, 1.54) is 11.6 Å². The number of carbonyl (C=O) groups is 2. The number of likely N-dealkylation sites (tertiary alicyclic amines) is 1. The van der Waals surface area contributed by atoms with Crippen molar-refractivity contribution in [3.63, 3.8) is 0 Å². The SMILES string of the molecule is CC1CCCN(C(=O)C(=O)Nc2cnc(N)c3cnn(PI)c23)C1.Cc1ccc2ccccc2n1. The molecular weight excluding hydrogens is 576 g/mol. The molecule has 3 aromatic heterocycles. The number of aryl methyl sites for hydroxylation is 1. The van der Waals surface area contributed by atoms with Gasteiger partial charge in [-0.2, -0.15) is 5.10 Å². The minimum Gasteiger partial charge on any atom is -0.383 e. The molecule has 0 saturated carbocycles. The maximum atomic E-state index is 12.4. The molecule has 3 N–H and O–H groups in total. The average Bonchev–Trinajstić information content (AvgIpc) is 3.31. The molecule has 1 saturated heterocycles. The van der Waals surface area contributed by atoms with Gasteiger partial charge in [-0.3, -0.25) is 14.6 Å². The third-order valence-corrected chi connectivity index (χ3v) is 7.71. The van der Waals surface area contributed by atoms with Crippen LogP contribution >= 0.6 is 28.4 Å². The van der Waals surface area contributed by atoms with Crippen molar-refractivity contribution in [3.05, 3.63) is 54.5 Å². The third-order valence-electron chi connectivity index (χ3n) is 5.84. The van der Waals surface area contributed by atoms with E-state index in [9.17, 15) is 9.59 Å². The van der Waals surface area contributed by atoms with Gasteiger partial charge in [-0.15, -0.1) is 0 Å². The van der Waals surface area contributed by atoms with Crippen LogP contribution in [0.15, 0.2) is 48.8 Å². The van der Waals surface area contributed by atoms with E-state index < -0.39 is 11.8 Å². The Morgan fingerprint density at radius 2 is 2.00 bits per heavy atom. The molecule has 2 unspecified atom stereocenters. The second kappa shape index (κ2) is 11.3. The summed E-state index contributed by atoms with van der Waals surface area (Å²) in [4.78, 5) is 34.8. The van der Waals surface area contributed by atoms with Crippen molar-refractivity contribution >= 4 is 73.5 Å². The van der Waals surface area contributed by atoms with Gasteiger partial charge < -0.3 is 16.0 Å². The van der Waals surface area contributed by atoms with Crippen molar-refractivity contribution in [2.75, 3.05) is 24.1 Å². The summed E-state index contributed by atoms with van der Waals surface area (Å²) < 4.78 is 1.73. The minimum absolute atomic E-state index is 0.339. The highest BCUT2D eigenvalue weighted by molar-refractivity contribution is 14.2. The van der Waals surface area contributed by atoms with E-state index in [0.29, 0.717) is 47.8 Å². The van der Waals surface area contributed by atoms with Crippen LogP contribution in [0, 0.1) is 12.8 Å². The number of rotatable bonds is 2. The first kappa shape index (κ1) is 25.2. The Labute approximate surface area is 218 Å². The molecule has 1 aromatic carbocycles. The van der Waals surface area contributed by atoms with Crippen LogP contribution in [0.4, 0.5) is 11.5 Å². The molecule has 11 heteroatoms. The van der Waals surface area contributed by atoms with E-state index in [4.69, 9.17) is 5.73 Å². The lowest BCUT2D eigenvalue weighted by molar-refractivity contribution is -0.144. The number of nitrogens with one attached hydrogen (secondary N) is 1. The summed E-state index contributed by atoms with van der Waals surface area (Å²) in [5.74, 6) is -0.391. The van der Waals surface area contributed by atoms with Gasteiger partial charge in [0.25, 0.3) is 0 Å². The molecule has 0 aliphatic carbocycles. The highest BCUT2D eigenvalue weighted by Gasteiger charge is 2.27. The van der Waals surface area contributed by atoms with Crippen LogP contribution < -0.4 is 11.1 Å². The Hall–Kier alpha value is -2.85. The van der Waals surface area contributed by atoms with Crippen molar-refractivity contribution in [2.24, 2.45) is 5.92 Å². The predicted octanol–water partition coefficient (Wildman–Crippen LogP) is 4.55. The number of benzene rings is 1. The highest BCUT2D eigenvalue weighted by Crippen LogP contribution is 2.34. The van der Waals surface area contributed by atoms with Gasteiger partial charge in [0.05, 0.1) is 35.4 Å². The summed E-state index contributed by atoms with van der Waals surface area (Å²) >= 11 is 2.19. The van der Waals surface area contributed by atoms with E-state index in [2.05, 4.69) is 61.5 Å². The van der Waals surface area contributed by atoms with Gasteiger partial charge in [0, 0.05) is 24.2 Å². The molecule has 5 rings (SSSR count). The first-order chi connectivity index (χ1) is 16.9. The molecule has 9 nitrogen and oxygen atoms in total. The van der Waals surface area contributed by atoms with Crippen molar-refractivity contribution in [1.82, 2.24) is 24.4 Å². The minimum atomic E-state index is -0.651. The number of hydrogen-bond donors (Lipinski definition) is 2. The summed E-state index contributed by atoms with van der Waals surface area (Å²) in [6.45, 7) is 5.34. The number of anilines is 2. The van der Waals surface area contributed by atoms with Gasteiger partial charge in [-0.25, -0.2) is 9.44 Å². The zero-order valence-corrected chi connectivity index (χ0v) is 22.7. The van der Waals surface area contributed by atoms with Gasteiger partial charge in [0.2, 0.25) is 0 Å². The predicted molar refractivity (Wildman–Crippen MR) is 150 cm³/mol. The number of aromatic nitrogens is 4. The lowest BCUT2D eigenvalue weighted by Crippen LogP contribution is -2.44. The molecule has 0 bridgehead atoms. The standard InChI is InChI=1S/C14H18IN6O2P.C10H9N/c1-8-3-2-4-20(7-8)14(23)13(22)19-10-6-17-12(16)9-5-18-21(24-15)11(9)10;1-8-6-7-9-4-2-3-5-10(9)11-8/h5-6,8,24H,2-4,7H2,1H3,(H2,16,17)(H,19,22);2-7H,1H3. The van der Waals surface area contributed by atoms with Gasteiger partial charge in [0.1, 0.15) is 11.3 Å². The summed E-state index contributed by atoms with van der Waals surface area (Å²) in [6.07, 6.45) is 5.44. The average molecular weight is 603 g/mol. The molecule has 1 fully saturated rings. The number of hydrogen-bond acceptors (Lipinski definition) is 6. The van der Waals surface area contributed by atoms with E-state index in [1.807, 2.05) is 31.2 Å². The first-order valence-corrected chi connectivity index (χ1v) is 15.3. The lowest BCUT2D eigenvalue weighted by atomic mass is 10.0. The number of nitrogen functional groups attached to an aromatic ring is 1. The van der Waals surface area contributed by atoms with Crippen LogP contribution in [0.2, 0.25) is 0 Å². The zero-order chi connectivity index (χ0) is 24.9. The molecule has 1 aliphatic rings. The Bertz CT molecular complexity index is 1380. The topological polar surface area (TPSA) is 119 Å². The molecule has 1 aliphatic heterocycles. The quantitative estimate of drug-likeness (QED) is 0.197. The number of halogens is 1. The van der Waals surface area contributed by atoms with Gasteiger partial charge >= 0.3 is 11.8 Å². The van der Waals surface area contributed by atoms with Crippen LogP contribution in [0.25, 0.3) is 21.8 Å². The number of nitrogens with two attached hydrogens (primary N) is 1. The number of piperidine rings is 1. The van der Waals surface area contributed by atoms with Crippen LogP contribution in [-0.4, -0.2) is 49.3 Å². The van der Waals surface area contributed by atoms with Gasteiger partial charge in [-0.1, -0.05) is 31.2 Å². The number of pyridine rings is 2. The number of para-hydroxylation sites is 1. The van der Waals surface area contributed by atoms with Crippen LogP contribution in [0.3, 0.4) is 0 Å². The molecule has 2 amide bonds. The maximum absolute atomic E-state index is 12.4. The Morgan fingerprint density at radius 1 is 1.20 bits per heavy atom. The highest BCUT2D eigenvalue weighted by atomic mass is 127. The molecule has 0 radical (unpaired) electrons. The van der Waals surface area contributed by atoms with Crippen molar-refractivity contribution in [1.29, 1.82) is 0 Å². The molecule has 182 valence electrons. The fourth-order valence-corrected chi connectivity index (χ4v) is 5.60. The van der Waals surface area contributed by atoms with Crippen molar-refractivity contribution in [3.8, 4) is 0 Å².